The van der Waals surface area contributed by atoms with E-state index in [1.54, 1.807) is 50.3 Å². The lowest BCUT2D eigenvalue weighted by Crippen LogP contribution is -2.44. The predicted octanol–water partition coefficient (Wildman–Crippen LogP) is 10.5. The van der Waals surface area contributed by atoms with Gasteiger partial charge >= 0.3 is 18.6 Å². The molecule has 57 heavy (non-hydrogen) atoms. The number of halogens is 2. The van der Waals surface area contributed by atoms with Crippen LogP contribution in [-0.4, -0.2) is 85.7 Å². The first-order chi connectivity index (χ1) is 26.4. The number of carbonyl (C=O) groups is 2. The number of benzene rings is 2. The van der Waals surface area contributed by atoms with Crippen LogP contribution >= 0.6 is 0 Å². The molecule has 10 nitrogen and oxygen atoms in total. The third-order valence-electron chi connectivity index (χ3n) is 10.0. The first-order valence-corrected chi connectivity index (χ1v) is 26.1. The molecule has 1 unspecified atom stereocenters. The Hall–Kier alpha value is -3.41. The number of hydrogen-bond acceptors (Lipinski definition) is 10. The Bertz CT molecular complexity index is 1670. The minimum atomic E-state index is -3.12. The Morgan fingerprint density at radius 2 is 1.63 bits per heavy atom. The van der Waals surface area contributed by atoms with E-state index in [2.05, 4.69) is 67.4 Å². The zero-order valence-electron chi connectivity index (χ0n) is 36.0. The van der Waals surface area contributed by atoms with Crippen LogP contribution in [0.2, 0.25) is 43.8 Å². The molecule has 0 aliphatic carbocycles. The summed E-state index contributed by atoms with van der Waals surface area (Å²) < 4.78 is 73.6. The van der Waals surface area contributed by atoms with Gasteiger partial charge < -0.3 is 37.6 Å². The topological polar surface area (TPSA) is 108 Å². The number of esters is 2. The lowest BCUT2D eigenvalue weighted by Gasteiger charge is -2.39. The first-order valence-electron chi connectivity index (χ1n) is 19.5. The summed E-state index contributed by atoms with van der Waals surface area (Å²) in [5, 5.41) is 0.0320. The first kappa shape index (κ1) is 48.0. The largest absolute Gasteiger partial charge is 0.466 e. The van der Waals surface area contributed by atoms with Crippen molar-refractivity contribution in [2.45, 2.75) is 136 Å². The molecule has 14 heteroatoms. The molecule has 2 aromatic rings. The maximum absolute atomic E-state index is 13.6. The van der Waals surface area contributed by atoms with Crippen LogP contribution in [0, 0.1) is 5.92 Å². The van der Waals surface area contributed by atoms with Crippen LogP contribution in [0.1, 0.15) is 81.2 Å². The fourth-order valence-corrected chi connectivity index (χ4v) is 7.93. The fraction of sp³-hybridized carbons (Fsp3) is 0.581. The zero-order valence-corrected chi connectivity index (χ0v) is 38.0. The van der Waals surface area contributed by atoms with Gasteiger partial charge in [0.15, 0.2) is 20.9 Å². The Morgan fingerprint density at radius 3 is 2.23 bits per heavy atom. The summed E-state index contributed by atoms with van der Waals surface area (Å²) in [6, 6.07) is 12.0. The lowest BCUT2D eigenvalue weighted by molar-refractivity contribution is -0.152. The van der Waals surface area contributed by atoms with Crippen molar-refractivity contribution in [2.75, 3.05) is 20.5 Å². The normalized spacial score (nSPS) is 19.2. The van der Waals surface area contributed by atoms with E-state index in [0.29, 0.717) is 5.56 Å². The van der Waals surface area contributed by atoms with E-state index in [1.165, 1.54) is 19.2 Å². The molecular formula is C43H64F2O10Si2. The molecule has 0 radical (unpaired) electrons. The number of methoxy groups -OCH3 is 1. The molecule has 1 heterocycles. The highest BCUT2D eigenvalue weighted by molar-refractivity contribution is 6.76. The molecule has 0 saturated carbocycles. The monoisotopic (exact) mass is 834 g/mol. The Balaban J connectivity index is 2.00. The quantitative estimate of drug-likeness (QED) is 0.0554. The molecule has 2 aromatic carbocycles. The number of carbonyl (C=O) groups excluding carboxylic acids is 2. The van der Waals surface area contributed by atoms with Gasteiger partial charge in [0, 0.05) is 27.4 Å². The zero-order chi connectivity index (χ0) is 42.8. The summed E-state index contributed by atoms with van der Waals surface area (Å²) in [4.78, 5) is 27.1. The molecule has 0 bridgehead atoms. The van der Waals surface area contributed by atoms with Gasteiger partial charge in [0.05, 0.1) is 18.3 Å². The van der Waals surface area contributed by atoms with Crippen molar-refractivity contribution in [1.82, 2.24) is 0 Å². The van der Waals surface area contributed by atoms with E-state index in [-0.39, 0.29) is 59.5 Å². The molecule has 5 atom stereocenters. The van der Waals surface area contributed by atoms with Crippen LogP contribution < -0.4 is 9.47 Å². The minimum Gasteiger partial charge on any atom is -0.466 e. The Kier molecular flexibility index (Phi) is 17.3. The molecule has 3 rings (SSSR count). The Labute approximate surface area is 340 Å². The number of ether oxygens (including phenoxy) is 7. The average Bonchev–Trinajstić information content (AvgIpc) is 3.41. The van der Waals surface area contributed by atoms with Gasteiger partial charge in [-0.1, -0.05) is 83.8 Å². The second kappa shape index (κ2) is 20.5. The lowest BCUT2D eigenvalue weighted by atomic mass is 9.99. The molecule has 1 aliphatic rings. The minimum absolute atomic E-state index is 0.0292. The van der Waals surface area contributed by atoms with Gasteiger partial charge in [-0.2, -0.15) is 8.78 Å². The molecule has 318 valence electrons. The maximum Gasteiger partial charge on any atom is 0.387 e. The van der Waals surface area contributed by atoms with Crippen molar-refractivity contribution in [2.24, 2.45) is 5.92 Å². The highest BCUT2D eigenvalue weighted by atomic mass is 28.4. The van der Waals surface area contributed by atoms with Crippen LogP contribution in [0.15, 0.2) is 60.7 Å². The molecule has 1 saturated heterocycles. The third-order valence-corrected chi connectivity index (χ3v) is 16.3. The average molecular weight is 835 g/mol. The van der Waals surface area contributed by atoms with Gasteiger partial charge in [-0.05, 0) is 87.1 Å². The molecule has 1 fully saturated rings. The van der Waals surface area contributed by atoms with Crippen LogP contribution in [-0.2, 0) is 28.1 Å². The third kappa shape index (κ3) is 15.0. The second-order valence-electron chi connectivity index (χ2n) is 17.6. The van der Waals surface area contributed by atoms with Crippen molar-refractivity contribution in [3.8, 4) is 11.5 Å². The second-order valence-corrected chi connectivity index (χ2v) is 28.0. The summed E-state index contributed by atoms with van der Waals surface area (Å²) in [5.74, 6) is -2.54. The van der Waals surface area contributed by atoms with E-state index >= 15 is 0 Å². The number of hydrogen-bond donors (Lipinski definition) is 0. The summed E-state index contributed by atoms with van der Waals surface area (Å²) in [6.07, 6.45) is 5.01. The summed E-state index contributed by atoms with van der Waals surface area (Å²) in [5.41, 5.74) is 0.639. The van der Waals surface area contributed by atoms with Crippen molar-refractivity contribution in [3.05, 3.63) is 77.4 Å². The molecule has 0 aromatic heterocycles. The van der Waals surface area contributed by atoms with Gasteiger partial charge in [-0.25, -0.2) is 9.59 Å². The summed E-state index contributed by atoms with van der Waals surface area (Å²) in [6.45, 7) is 22.0. The predicted molar refractivity (Wildman–Crippen MR) is 223 cm³/mol. The highest BCUT2D eigenvalue weighted by Gasteiger charge is 2.46. The summed E-state index contributed by atoms with van der Waals surface area (Å²) in [7, 11) is -2.20. The van der Waals surface area contributed by atoms with Crippen LogP contribution in [0.25, 0.3) is 6.08 Å². The van der Waals surface area contributed by atoms with Crippen molar-refractivity contribution in [3.63, 3.8) is 0 Å². The van der Waals surface area contributed by atoms with Crippen LogP contribution in [0.3, 0.4) is 0 Å². The smallest absolute Gasteiger partial charge is 0.387 e. The number of alkyl halides is 2. The summed E-state index contributed by atoms with van der Waals surface area (Å²) >= 11 is 0. The van der Waals surface area contributed by atoms with E-state index in [0.717, 1.165) is 6.04 Å². The van der Waals surface area contributed by atoms with Gasteiger partial charge in [0.1, 0.15) is 29.3 Å². The molecule has 0 N–H and O–H groups in total. The molecule has 0 amide bonds. The van der Waals surface area contributed by atoms with E-state index in [4.69, 9.17) is 37.6 Å². The molecule has 0 spiro atoms. The molecule has 1 aliphatic heterocycles. The van der Waals surface area contributed by atoms with E-state index in [9.17, 15) is 18.4 Å². The van der Waals surface area contributed by atoms with E-state index in [1.807, 2.05) is 18.2 Å². The van der Waals surface area contributed by atoms with Gasteiger partial charge in [0.2, 0.25) is 0 Å². The van der Waals surface area contributed by atoms with Crippen LogP contribution in [0.4, 0.5) is 8.78 Å². The van der Waals surface area contributed by atoms with Gasteiger partial charge in [-0.3, -0.25) is 0 Å². The van der Waals surface area contributed by atoms with Gasteiger partial charge in [0.25, 0.3) is 0 Å². The SMILES string of the molecule is COCOc1cc(OC(F)F)cc(/C=C/C[C@@H]2OC(C)(C)O[C@@H]2C(/C=C\[C@@H](C)[C@H](C)O[Si](C)(C)C(C)(C)C)OC(=O)c2ccccc2)c1C(=O)OCC[Si](C)(C)C. The highest BCUT2D eigenvalue weighted by Crippen LogP contribution is 2.39. The van der Waals surface area contributed by atoms with Crippen LogP contribution in [0.5, 0.6) is 11.5 Å². The fourth-order valence-electron chi connectivity index (χ4n) is 5.71. The standard InChI is InChI=1S/C43H64F2O10Si2/c1-29(30(2)55-57(12,13)42(3,4)5)22-23-34(52-39(46)31-18-15-14-16-19-31)38-35(53-43(6,7)54-38)21-17-20-32-26-33(51-41(44)45)27-36(50-28-48-8)37(32)40(47)49-24-25-56(9,10)11/h14-20,22-23,26-27,29-30,34-35,38,41H,21,24-25,28H2,1-13H3/b20-17+,23-22-/t29-,30+,34?,35+,38-/m1/s1. The van der Waals surface area contributed by atoms with Gasteiger partial charge in [-0.15, -0.1) is 0 Å². The van der Waals surface area contributed by atoms with Crippen molar-refractivity contribution in [1.29, 1.82) is 0 Å². The van der Waals surface area contributed by atoms with Crippen molar-refractivity contribution < 1.29 is 56.0 Å². The van der Waals surface area contributed by atoms with Crippen molar-refractivity contribution >= 4 is 34.4 Å². The van der Waals surface area contributed by atoms with E-state index < -0.39 is 59.0 Å². The Morgan fingerprint density at radius 1 is 0.965 bits per heavy atom. The molecular weight excluding hydrogens is 771 g/mol. The maximum atomic E-state index is 13.6. The number of rotatable bonds is 20.